The van der Waals surface area contributed by atoms with Gasteiger partial charge in [-0.3, -0.25) is 0 Å². The van der Waals surface area contributed by atoms with E-state index in [0.29, 0.717) is 0 Å². The number of rotatable bonds is 3. The Morgan fingerprint density at radius 3 is 1.15 bits per heavy atom. The van der Waals surface area contributed by atoms with Crippen LogP contribution in [0.4, 0.5) is 0 Å². The second kappa shape index (κ2) is 4.83. The molecule has 11 heteroatoms. The Morgan fingerprint density at radius 1 is 0.923 bits per heavy atom. The summed E-state index contributed by atoms with van der Waals surface area (Å²) < 4.78 is 56.5. The zero-order chi connectivity index (χ0) is 10.2. The monoisotopic (exact) mass is 244 g/mol. The van der Waals surface area contributed by atoms with Gasteiger partial charge >= 0.3 is 23.1 Å². The zero-order valence-corrected chi connectivity index (χ0v) is 9.07. The van der Waals surface area contributed by atoms with Crippen LogP contribution >= 0.6 is 0 Å². The maximum atomic E-state index is 9.96. The SMILES string of the molecule is O=S(=O)([O-])C(C(O)O)S(=O)(=O)[O-].[Mg+2]. The van der Waals surface area contributed by atoms with E-state index in [1.165, 1.54) is 0 Å². The molecule has 0 fully saturated rings. The molecule has 0 aromatic carbocycles. The summed E-state index contributed by atoms with van der Waals surface area (Å²) in [6.45, 7) is 0. The van der Waals surface area contributed by atoms with Crippen LogP contribution in [-0.4, -0.2) is 70.1 Å². The van der Waals surface area contributed by atoms with E-state index in [1.807, 2.05) is 0 Å². The van der Waals surface area contributed by atoms with E-state index in [-0.39, 0.29) is 23.1 Å². The van der Waals surface area contributed by atoms with E-state index in [1.54, 1.807) is 0 Å². The predicted molar refractivity (Wildman–Crippen MR) is 37.2 cm³/mol. The van der Waals surface area contributed by atoms with Gasteiger partial charge in [-0.1, -0.05) is 0 Å². The Labute approximate surface area is 90.2 Å². The summed E-state index contributed by atoms with van der Waals surface area (Å²) in [5.41, 5.74) is 0. The van der Waals surface area contributed by atoms with Crippen molar-refractivity contribution in [3.8, 4) is 0 Å². The molecule has 0 unspecified atom stereocenters. The van der Waals surface area contributed by atoms with Gasteiger partial charge in [0.25, 0.3) is 0 Å². The molecule has 0 radical (unpaired) electrons. The molecule has 0 bridgehead atoms. The van der Waals surface area contributed by atoms with E-state index in [2.05, 4.69) is 0 Å². The van der Waals surface area contributed by atoms with Crippen molar-refractivity contribution in [3.63, 3.8) is 0 Å². The number of hydrogen-bond acceptors (Lipinski definition) is 8. The fraction of sp³-hybridized carbons (Fsp3) is 1.00. The Kier molecular flexibility index (Phi) is 5.93. The molecule has 2 N–H and O–H groups in total. The van der Waals surface area contributed by atoms with Crippen LogP contribution in [0.3, 0.4) is 0 Å². The molecule has 0 atom stereocenters. The number of hydrogen-bond donors (Lipinski definition) is 2. The third-order valence-corrected chi connectivity index (χ3v) is 3.85. The van der Waals surface area contributed by atoms with E-state index < -0.39 is 31.1 Å². The molecule has 0 aliphatic heterocycles. The molecule has 8 nitrogen and oxygen atoms in total. The first-order chi connectivity index (χ1) is 5.07. The largest absolute Gasteiger partial charge is 2.00 e. The molecule has 0 aromatic heterocycles. The Hall–Kier alpha value is 0.506. The molecule has 13 heavy (non-hydrogen) atoms. The van der Waals surface area contributed by atoms with Crippen LogP contribution in [0, 0.1) is 0 Å². The van der Waals surface area contributed by atoms with Crippen LogP contribution in [0.15, 0.2) is 0 Å². The van der Waals surface area contributed by atoms with E-state index in [4.69, 9.17) is 10.2 Å². The maximum absolute atomic E-state index is 9.96. The zero-order valence-electron chi connectivity index (χ0n) is 6.02. The fourth-order valence-corrected chi connectivity index (χ4v) is 2.19. The van der Waals surface area contributed by atoms with Crippen LogP contribution in [0.25, 0.3) is 0 Å². The van der Waals surface area contributed by atoms with Gasteiger partial charge in [0.15, 0.2) is 10.9 Å². The molecule has 0 aliphatic carbocycles. The first kappa shape index (κ1) is 16.0. The summed E-state index contributed by atoms with van der Waals surface area (Å²) in [6, 6.07) is 0. The van der Waals surface area contributed by atoms with Crippen molar-refractivity contribution < 1.29 is 36.2 Å². The van der Waals surface area contributed by atoms with Crippen LogP contribution in [0.1, 0.15) is 0 Å². The van der Waals surface area contributed by atoms with Gasteiger partial charge in [-0.05, 0) is 0 Å². The van der Waals surface area contributed by atoms with Gasteiger partial charge in [-0.15, -0.1) is 0 Å². The number of aliphatic hydroxyl groups excluding tert-OH is 1. The van der Waals surface area contributed by atoms with E-state index in [0.717, 1.165) is 0 Å². The average Bonchev–Trinajstić information content (AvgIpc) is 1.49. The second-order valence-electron chi connectivity index (χ2n) is 1.77. The Morgan fingerprint density at radius 2 is 1.15 bits per heavy atom. The minimum absolute atomic E-state index is 0. The third-order valence-electron chi connectivity index (χ3n) is 0.812. The molecule has 0 aromatic rings. The van der Waals surface area contributed by atoms with Crippen LogP contribution in [0.5, 0.6) is 0 Å². The summed E-state index contributed by atoms with van der Waals surface area (Å²) in [7, 11) is -11.1. The standard InChI is InChI=1S/C2H6O8S2.Mg/c3-1(4)2(11(5,6)7)12(8,9)10;/h1-4H,(H,5,6,7)(H,8,9,10);/q;+2/p-2. The first-order valence-electron chi connectivity index (χ1n) is 2.32. The van der Waals surface area contributed by atoms with Crippen molar-refractivity contribution in [1.82, 2.24) is 0 Å². The average molecular weight is 244 g/mol. The summed E-state index contributed by atoms with van der Waals surface area (Å²) in [4.78, 5) is 0. The van der Waals surface area contributed by atoms with Crippen molar-refractivity contribution in [2.75, 3.05) is 0 Å². The minimum atomic E-state index is -5.57. The second-order valence-corrected chi connectivity index (χ2v) is 5.05. The third kappa shape index (κ3) is 5.07. The van der Waals surface area contributed by atoms with Gasteiger partial charge in [-0.25, -0.2) is 16.8 Å². The summed E-state index contributed by atoms with van der Waals surface area (Å²) in [5.74, 6) is 0. The molecule has 0 amide bonds. The minimum Gasteiger partial charge on any atom is -0.747 e. The predicted octanol–water partition coefficient (Wildman–Crippen LogP) is -3.67. The molecule has 0 aliphatic rings. The summed E-state index contributed by atoms with van der Waals surface area (Å²) >= 11 is 0. The Balaban J connectivity index is 0. The van der Waals surface area contributed by atoms with Gasteiger partial charge < -0.3 is 19.3 Å². The molecule has 0 rings (SSSR count). The van der Waals surface area contributed by atoms with Crippen molar-refractivity contribution in [2.45, 2.75) is 10.9 Å². The van der Waals surface area contributed by atoms with Gasteiger partial charge in [0.2, 0.25) is 0 Å². The topological polar surface area (TPSA) is 155 Å². The van der Waals surface area contributed by atoms with Gasteiger partial charge in [-0.2, -0.15) is 0 Å². The molecule has 0 heterocycles. The molecule has 0 saturated heterocycles. The van der Waals surface area contributed by atoms with Crippen molar-refractivity contribution in [3.05, 3.63) is 0 Å². The molecule has 0 saturated carbocycles. The Bertz CT molecular complexity index is 306. The quantitative estimate of drug-likeness (QED) is 0.292. The molecule has 74 valence electrons. The van der Waals surface area contributed by atoms with Crippen LogP contribution in [0.2, 0.25) is 0 Å². The summed E-state index contributed by atoms with van der Waals surface area (Å²) in [6.07, 6.45) is -3.03. The molecular weight excluding hydrogens is 240 g/mol. The van der Waals surface area contributed by atoms with Gasteiger partial charge in [0, 0.05) is 0 Å². The molecular formula is C2H4MgO8S2. The van der Waals surface area contributed by atoms with Crippen LogP contribution in [-0.2, 0) is 20.2 Å². The summed E-state index contributed by atoms with van der Waals surface area (Å²) in [5, 5.41) is 16.2. The first-order valence-corrected chi connectivity index (χ1v) is 5.26. The van der Waals surface area contributed by atoms with Gasteiger partial charge in [0.1, 0.15) is 20.2 Å². The van der Waals surface area contributed by atoms with Crippen LogP contribution < -0.4 is 0 Å². The smallest absolute Gasteiger partial charge is 0.747 e. The van der Waals surface area contributed by atoms with Gasteiger partial charge in [0.05, 0.1) is 0 Å². The fourth-order valence-electron chi connectivity index (χ4n) is 0.442. The molecule has 0 spiro atoms. The van der Waals surface area contributed by atoms with Crippen molar-refractivity contribution >= 4 is 43.3 Å². The van der Waals surface area contributed by atoms with Crippen molar-refractivity contribution in [2.24, 2.45) is 0 Å². The van der Waals surface area contributed by atoms with Crippen molar-refractivity contribution in [1.29, 1.82) is 0 Å². The normalized spacial score (nSPS) is 13.1. The van der Waals surface area contributed by atoms with E-state index >= 15 is 0 Å². The number of aliphatic hydroxyl groups is 2. The van der Waals surface area contributed by atoms with E-state index in [9.17, 15) is 25.9 Å². The maximum Gasteiger partial charge on any atom is 2.00 e.